The molecule has 0 radical (unpaired) electrons. The van der Waals surface area contributed by atoms with Gasteiger partial charge in [0.2, 0.25) is 0 Å². The zero-order chi connectivity index (χ0) is 18.6. The second-order valence-corrected chi connectivity index (χ2v) is 6.83. The lowest BCUT2D eigenvalue weighted by Crippen LogP contribution is -2.14. The fraction of sp³-hybridized carbons (Fsp3) is 0.300. The maximum atomic E-state index is 12.6. The zero-order valence-electron chi connectivity index (χ0n) is 15.1. The lowest BCUT2D eigenvalue weighted by Gasteiger charge is -2.10. The van der Waals surface area contributed by atoms with Crippen LogP contribution in [-0.4, -0.2) is 34.1 Å². The molecule has 1 amide bonds. The maximum absolute atomic E-state index is 12.6. The highest BCUT2D eigenvalue weighted by Gasteiger charge is 2.16. The summed E-state index contributed by atoms with van der Waals surface area (Å²) in [5, 5.41) is 10.1. The molecule has 0 saturated carbocycles. The van der Waals surface area contributed by atoms with Gasteiger partial charge in [-0.15, -0.1) is 0 Å². The van der Waals surface area contributed by atoms with Crippen molar-refractivity contribution in [1.29, 1.82) is 0 Å². The molecule has 7 nitrogen and oxygen atoms in total. The summed E-state index contributed by atoms with van der Waals surface area (Å²) in [5.41, 5.74) is 3.07. The SMILES string of the molecule is Cc1noc(-c2cccc(NC(=O)c3cncc(CC4CCNC4)c3)c2)n1. The molecule has 1 aromatic carbocycles. The van der Waals surface area contributed by atoms with Crippen LogP contribution in [-0.2, 0) is 6.42 Å². The first-order valence-corrected chi connectivity index (χ1v) is 9.04. The van der Waals surface area contributed by atoms with E-state index in [9.17, 15) is 4.79 Å². The molecule has 1 fully saturated rings. The zero-order valence-corrected chi connectivity index (χ0v) is 15.1. The van der Waals surface area contributed by atoms with Crippen molar-refractivity contribution in [2.75, 3.05) is 18.4 Å². The standard InChI is InChI=1S/C20H21N5O2/c1-13-23-20(27-25-13)16-3-2-4-18(9-16)24-19(26)17-8-15(11-22-12-17)7-14-5-6-21-10-14/h2-4,8-9,11-12,14,21H,5-7,10H2,1H3,(H,24,26). The number of pyridine rings is 1. The maximum Gasteiger partial charge on any atom is 0.257 e. The Bertz CT molecular complexity index is 947. The van der Waals surface area contributed by atoms with Gasteiger partial charge in [0.1, 0.15) is 0 Å². The van der Waals surface area contributed by atoms with Gasteiger partial charge in [0.05, 0.1) is 5.56 Å². The van der Waals surface area contributed by atoms with Gasteiger partial charge in [-0.05, 0) is 68.6 Å². The first-order valence-electron chi connectivity index (χ1n) is 9.04. The highest BCUT2D eigenvalue weighted by molar-refractivity contribution is 6.04. The summed E-state index contributed by atoms with van der Waals surface area (Å²) in [6.07, 6.45) is 5.54. The van der Waals surface area contributed by atoms with E-state index in [1.54, 1.807) is 13.1 Å². The van der Waals surface area contributed by atoms with Crippen molar-refractivity contribution >= 4 is 11.6 Å². The Morgan fingerprint density at radius 1 is 1.33 bits per heavy atom. The normalized spacial score (nSPS) is 16.4. The second kappa shape index (κ2) is 7.67. The van der Waals surface area contributed by atoms with Gasteiger partial charge in [-0.1, -0.05) is 11.2 Å². The highest BCUT2D eigenvalue weighted by atomic mass is 16.5. The monoisotopic (exact) mass is 363 g/mol. The van der Waals surface area contributed by atoms with Crippen LogP contribution in [0.25, 0.3) is 11.5 Å². The van der Waals surface area contributed by atoms with Gasteiger partial charge < -0.3 is 15.2 Å². The third kappa shape index (κ3) is 4.20. The van der Waals surface area contributed by atoms with E-state index in [4.69, 9.17) is 4.52 Å². The van der Waals surface area contributed by atoms with Gasteiger partial charge in [-0.3, -0.25) is 9.78 Å². The molecule has 3 heterocycles. The van der Waals surface area contributed by atoms with Crippen molar-refractivity contribution in [3.05, 3.63) is 59.7 Å². The van der Waals surface area contributed by atoms with Crippen LogP contribution in [0, 0.1) is 12.8 Å². The number of hydrogen-bond acceptors (Lipinski definition) is 6. The molecular weight excluding hydrogens is 342 g/mol. The van der Waals surface area contributed by atoms with Crippen molar-refractivity contribution in [3.63, 3.8) is 0 Å². The Labute approximate surface area is 157 Å². The lowest BCUT2D eigenvalue weighted by molar-refractivity contribution is 0.102. The number of nitrogens with zero attached hydrogens (tertiary/aromatic N) is 3. The first kappa shape index (κ1) is 17.4. The average molecular weight is 363 g/mol. The summed E-state index contributed by atoms with van der Waals surface area (Å²) in [7, 11) is 0. The van der Waals surface area contributed by atoms with E-state index in [0.717, 1.165) is 30.6 Å². The molecule has 0 spiro atoms. The van der Waals surface area contributed by atoms with Crippen molar-refractivity contribution in [3.8, 4) is 11.5 Å². The predicted molar refractivity (Wildman–Crippen MR) is 101 cm³/mol. The minimum absolute atomic E-state index is 0.187. The van der Waals surface area contributed by atoms with Crippen LogP contribution < -0.4 is 10.6 Å². The van der Waals surface area contributed by atoms with Crippen LogP contribution in [0.2, 0.25) is 0 Å². The molecule has 1 atom stereocenters. The third-order valence-electron chi connectivity index (χ3n) is 4.64. The summed E-state index contributed by atoms with van der Waals surface area (Å²) < 4.78 is 5.19. The fourth-order valence-electron chi connectivity index (χ4n) is 3.29. The molecule has 2 N–H and O–H groups in total. The molecule has 1 saturated heterocycles. The first-order chi connectivity index (χ1) is 13.2. The van der Waals surface area contributed by atoms with Crippen LogP contribution in [0.1, 0.15) is 28.2 Å². The summed E-state index contributed by atoms with van der Waals surface area (Å²) >= 11 is 0. The minimum atomic E-state index is -0.187. The van der Waals surface area contributed by atoms with E-state index in [0.29, 0.717) is 28.9 Å². The number of anilines is 1. The molecule has 2 aromatic heterocycles. The van der Waals surface area contributed by atoms with Crippen LogP contribution in [0.4, 0.5) is 5.69 Å². The van der Waals surface area contributed by atoms with E-state index < -0.39 is 0 Å². The van der Waals surface area contributed by atoms with Gasteiger partial charge in [-0.25, -0.2) is 0 Å². The summed E-state index contributed by atoms with van der Waals surface area (Å²) in [6.45, 7) is 3.85. The summed E-state index contributed by atoms with van der Waals surface area (Å²) in [4.78, 5) is 21.1. The van der Waals surface area contributed by atoms with Gasteiger partial charge >= 0.3 is 0 Å². The van der Waals surface area contributed by atoms with Crippen molar-refractivity contribution < 1.29 is 9.32 Å². The number of nitrogens with one attached hydrogen (secondary N) is 2. The Morgan fingerprint density at radius 3 is 3.04 bits per heavy atom. The van der Waals surface area contributed by atoms with Crippen LogP contribution in [0.3, 0.4) is 0 Å². The van der Waals surface area contributed by atoms with Crippen molar-refractivity contribution in [1.82, 2.24) is 20.4 Å². The Balaban J connectivity index is 1.47. The second-order valence-electron chi connectivity index (χ2n) is 6.83. The largest absolute Gasteiger partial charge is 0.334 e. The smallest absolute Gasteiger partial charge is 0.257 e. The van der Waals surface area contributed by atoms with Crippen molar-refractivity contribution in [2.24, 2.45) is 5.92 Å². The number of aryl methyl sites for hydroxylation is 1. The summed E-state index contributed by atoms with van der Waals surface area (Å²) in [6, 6.07) is 9.26. The van der Waals surface area contributed by atoms with E-state index >= 15 is 0 Å². The number of carbonyl (C=O) groups is 1. The van der Waals surface area contributed by atoms with Crippen LogP contribution in [0.15, 0.2) is 47.2 Å². The summed E-state index contributed by atoms with van der Waals surface area (Å²) in [5.74, 6) is 1.42. The highest BCUT2D eigenvalue weighted by Crippen LogP contribution is 2.22. The fourth-order valence-corrected chi connectivity index (χ4v) is 3.29. The third-order valence-corrected chi connectivity index (χ3v) is 4.64. The molecule has 1 aliphatic rings. The number of aromatic nitrogens is 3. The number of amides is 1. The van der Waals surface area contributed by atoms with Gasteiger partial charge in [0, 0.05) is 23.6 Å². The predicted octanol–water partition coefficient (Wildman–Crippen LogP) is 2.84. The molecule has 7 heteroatoms. The quantitative estimate of drug-likeness (QED) is 0.724. The van der Waals surface area contributed by atoms with E-state index in [2.05, 4.69) is 25.8 Å². The number of carbonyl (C=O) groups excluding carboxylic acids is 1. The molecule has 138 valence electrons. The lowest BCUT2D eigenvalue weighted by atomic mass is 9.99. The molecule has 4 rings (SSSR count). The molecule has 0 aliphatic carbocycles. The Morgan fingerprint density at radius 2 is 2.26 bits per heavy atom. The Hall–Kier alpha value is -3.06. The molecule has 1 aliphatic heterocycles. The number of rotatable bonds is 5. The topological polar surface area (TPSA) is 92.9 Å². The minimum Gasteiger partial charge on any atom is -0.334 e. The van der Waals surface area contributed by atoms with E-state index in [-0.39, 0.29) is 5.91 Å². The van der Waals surface area contributed by atoms with E-state index in [1.807, 2.05) is 36.5 Å². The van der Waals surface area contributed by atoms with Gasteiger partial charge in [0.15, 0.2) is 5.82 Å². The van der Waals surface area contributed by atoms with Crippen LogP contribution >= 0.6 is 0 Å². The molecule has 3 aromatic rings. The van der Waals surface area contributed by atoms with E-state index in [1.165, 1.54) is 6.42 Å². The number of hydrogen-bond donors (Lipinski definition) is 2. The van der Waals surface area contributed by atoms with Crippen LogP contribution in [0.5, 0.6) is 0 Å². The van der Waals surface area contributed by atoms with Gasteiger partial charge in [0.25, 0.3) is 11.8 Å². The number of benzene rings is 1. The molecule has 1 unspecified atom stereocenters. The Kier molecular flexibility index (Phi) is 4.93. The van der Waals surface area contributed by atoms with Crippen molar-refractivity contribution in [2.45, 2.75) is 19.8 Å². The van der Waals surface area contributed by atoms with Gasteiger partial charge in [-0.2, -0.15) is 4.98 Å². The molecule has 0 bridgehead atoms. The molecule has 27 heavy (non-hydrogen) atoms. The molecular formula is C20H21N5O2. The average Bonchev–Trinajstić information content (AvgIpc) is 3.34.